The normalized spacial score (nSPS) is 19.4. The molecule has 3 rings (SSSR count). The maximum Gasteiger partial charge on any atom is 0.144 e. The number of carbonyl (C=O) groups excluding carboxylic acids is 1. The lowest BCUT2D eigenvalue weighted by atomic mass is 10.1. The van der Waals surface area contributed by atoms with E-state index in [-0.39, 0.29) is 0 Å². The van der Waals surface area contributed by atoms with Crippen LogP contribution in [0.3, 0.4) is 0 Å². The average molecular weight is 257 g/mol. The van der Waals surface area contributed by atoms with E-state index in [0.717, 1.165) is 36.4 Å². The van der Waals surface area contributed by atoms with Crippen molar-refractivity contribution in [2.24, 2.45) is 0 Å². The largest absolute Gasteiger partial charge is 0.366 e. The number of aromatic nitrogens is 3. The minimum atomic E-state index is 0.455. The lowest BCUT2D eigenvalue weighted by Crippen LogP contribution is -2.49. The van der Waals surface area contributed by atoms with E-state index in [0.29, 0.717) is 6.04 Å². The number of benzene rings is 1. The lowest BCUT2D eigenvalue weighted by molar-refractivity contribution is 0.501. The Bertz CT molecular complexity index is 644. The SMILES string of the molecule is CC1CNCCN1c1ccc2c(c1)nnn2C=C=O. The molecule has 1 fully saturated rings. The Labute approximate surface area is 110 Å². The predicted molar refractivity (Wildman–Crippen MR) is 73.7 cm³/mol. The summed E-state index contributed by atoms with van der Waals surface area (Å²) in [7, 11) is 0. The van der Waals surface area contributed by atoms with E-state index in [9.17, 15) is 4.79 Å². The Kier molecular flexibility index (Phi) is 3.03. The van der Waals surface area contributed by atoms with Crippen molar-refractivity contribution in [2.75, 3.05) is 24.5 Å². The number of hydrogen-bond acceptors (Lipinski definition) is 5. The zero-order valence-corrected chi connectivity index (χ0v) is 10.7. The molecule has 0 saturated carbocycles. The van der Waals surface area contributed by atoms with E-state index in [4.69, 9.17) is 0 Å². The topological polar surface area (TPSA) is 63.0 Å². The molecule has 0 bridgehead atoms. The van der Waals surface area contributed by atoms with Crippen LogP contribution in [0.2, 0.25) is 0 Å². The number of anilines is 1. The van der Waals surface area contributed by atoms with Gasteiger partial charge in [-0.25, -0.2) is 9.48 Å². The van der Waals surface area contributed by atoms with Crippen molar-refractivity contribution in [1.29, 1.82) is 0 Å². The van der Waals surface area contributed by atoms with Crippen molar-refractivity contribution in [2.45, 2.75) is 13.0 Å². The van der Waals surface area contributed by atoms with E-state index in [1.807, 2.05) is 18.2 Å². The summed E-state index contributed by atoms with van der Waals surface area (Å²) >= 11 is 0. The number of hydrogen-bond donors (Lipinski definition) is 1. The smallest absolute Gasteiger partial charge is 0.144 e. The molecule has 2 aromatic rings. The lowest BCUT2D eigenvalue weighted by Gasteiger charge is -2.35. The highest BCUT2D eigenvalue weighted by atomic mass is 16.1. The molecule has 1 unspecified atom stereocenters. The molecule has 1 aromatic heterocycles. The van der Waals surface area contributed by atoms with E-state index in [2.05, 4.69) is 27.5 Å². The van der Waals surface area contributed by atoms with Crippen LogP contribution in [-0.2, 0) is 4.79 Å². The quantitative estimate of drug-likeness (QED) is 0.795. The van der Waals surface area contributed by atoms with Crippen molar-refractivity contribution in [3.8, 4) is 0 Å². The van der Waals surface area contributed by atoms with Gasteiger partial charge in [-0.15, -0.1) is 5.10 Å². The summed E-state index contributed by atoms with van der Waals surface area (Å²) in [6, 6.07) is 6.45. The standard InChI is InChI=1S/C13H15N5O/c1-10-9-14-4-5-17(10)11-2-3-13-12(8-11)15-16-18(13)6-7-19/h2-3,6,8,10,14H,4-5,9H2,1H3. The number of piperazine rings is 1. The second-order valence-electron chi connectivity index (χ2n) is 4.70. The van der Waals surface area contributed by atoms with Crippen LogP contribution >= 0.6 is 0 Å². The summed E-state index contributed by atoms with van der Waals surface area (Å²) in [6.45, 7) is 5.15. The molecule has 19 heavy (non-hydrogen) atoms. The van der Waals surface area contributed by atoms with Gasteiger partial charge in [0, 0.05) is 31.4 Å². The Morgan fingerprint density at radius 2 is 2.42 bits per heavy atom. The minimum Gasteiger partial charge on any atom is -0.366 e. The Hall–Kier alpha value is -2.17. The van der Waals surface area contributed by atoms with Gasteiger partial charge in [-0.05, 0) is 25.1 Å². The predicted octanol–water partition coefficient (Wildman–Crippen LogP) is 0.532. The zero-order chi connectivity index (χ0) is 13.2. The van der Waals surface area contributed by atoms with Crippen LogP contribution in [0.25, 0.3) is 17.2 Å². The van der Waals surface area contributed by atoms with Crippen LogP contribution in [-0.4, -0.2) is 46.6 Å². The van der Waals surface area contributed by atoms with Crippen molar-refractivity contribution in [3.63, 3.8) is 0 Å². The molecule has 1 atom stereocenters. The van der Waals surface area contributed by atoms with Crippen LogP contribution in [0.5, 0.6) is 0 Å². The first kappa shape index (κ1) is 11.9. The molecule has 1 saturated heterocycles. The molecule has 0 aliphatic carbocycles. The molecular weight excluding hydrogens is 242 g/mol. The van der Waals surface area contributed by atoms with E-state index < -0.39 is 0 Å². The highest BCUT2D eigenvalue weighted by Gasteiger charge is 2.18. The maximum atomic E-state index is 10.4. The van der Waals surface area contributed by atoms with Crippen molar-refractivity contribution < 1.29 is 4.79 Å². The molecule has 1 aromatic carbocycles. The van der Waals surface area contributed by atoms with Crippen LogP contribution in [0, 0.1) is 0 Å². The van der Waals surface area contributed by atoms with Gasteiger partial charge in [0.05, 0.1) is 5.52 Å². The van der Waals surface area contributed by atoms with E-state index in [1.54, 1.807) is 5.94 Å². The number of nitrogens with one attached hydrogen (secondary N) is 1. The van der Waals surface area contributed by atoms with Crippen molar-refractivity contribution >= 4 is 28.9 Å². The van der Waals surface area contributed by atoms with Gasteiger partial charge in [-0.3, -0.25) is 0 Å². The third kappa shape index (κ3) is 2.12. The summed E-state index contributed by atoms with van der Waals surface area (Å²) in [4.78, 5) is 12.7. The molecule has 6 heteroatoms. The van der Waals surface area contributed by atoms with Gasteiger partial charge in [-0.1, -0.05) is 5.21 Å². The summed E-state index contributed by atoms with van der Waals surface area (Å²) < 4.78 is 1.44. The zero-order valence-electron chi connectivity index (χ0n) is 10.7. The monoisotopic (exact) mass is 257 g/mol. The van der Waals surface area contributed by atoms with Crippen molar-refractivity contribution in [3.05, 3.63) is 18.2 Å². The van der Waals surface area contributed by atoms with Gasteiger partial charge in [0.1, 0.15) is 17.7 Å². The first-order valence-corrected chi connectivity index (χ1v) is 6.33. The fourth-order valence-electron chi connectivity index (χ4n) is 2.48. The Balaban J connectivity index is 2.00. The highest BCUT2D eigenvalue weighted by Crippen LogP contribution is 2.23. The Morgan fingerprint density at radius 1 is 1.53 bits per heavy atom. The molecule has 0 radical (unpaired) electrons. The van der Waals surface area contributed by atoms with Gasteiger partial charge in [0.15, 0.2) is 0 Å². The van der Waals surface area contributed by atoms with Gasteiger partial charge >= 0.3 is 0 Å². The first-order chi connectivity index (χ1) is 9.29. The summed E-state index contributed by atoms with van der Waals surface area (Å²) in [5, 5.41) is 11.4. The van der Waals surface area contributed by atoms with E-state index in [1.165, 1.54) is 10.9 Å². The summed E-state index contributed by atoms with van der Waals surface area (Å²) in [6.07, 6.45) is 1.24. The van der Waals surface area contributed by atoms with Gasteiger partial charge in [-0.2, -0.15) is 0 Å². The van der Waals surface area contributed by atoms with Crippen LogP contribution in [0.4, 0.5) is 5.69 Å². The molecule has 1 N–H and O–H groups in total. The molecule has 6 nitrogen and oxygen atoms in total. The minimum absolute atomic E-state index is 0.455. The summed E-state index contributed by atoms with van der Waals surface area (Å²) in [5.41, 5.74) is 2.74. The third-order valence-electron chi connectivity index (χ3n) is 3.46. The highest BCUT2D eigenvalue weighted by molar-refractivity contribution is 5.82. The van der Waals surface area contributed by atoms with Gasteiger partial charge in [0.2, 0.25) is 0 Å². The molecule has 1 aliphatic heterocycles. The molecular formula is C13H15N5O. The van der Waals surface area contributed by atoms with Crippen LogP contribution < -0.4 is 10.2 Å². The van der Waals surface area contributed by atoms with Crippen LogP contribution in [0.15, 0.2) is 18.2 Å². The molecule has 2 heterocycles. The molecule has 1 aliphatic rings. The average Bonchev–Trinajstić information content (AvgIpc) is 2.82. The Morgan fingerprint density at radius 3 is 3.21 bits per heavy atom. The molecule has 0 spiro atoms. The maximum absolute atomic E-state index is 10.4. The molecule has 98 valence electrons. The fraction of sp³-hybridized carbons (Fsp3) is 0.385. The number of fused-ring (bicyclic) bond motifs is 1. The molecule has 0 amide bonds. The second kappa shape index (κ2) is 4.84. The second-order valence-corrected chi connectivity index (χ2v) is 4.70. The van der Waals surface area contributed by atoms with Gasteiger partial charge < -0.3 is 10.2 Å². The van der Waals surface area contributed by atoms with Crippen LogP contribution in [0.1, 0.15) is 6.92 Å². The first-order valence-electron chi connectivity index (χ1n) is 6.33. The van der Waals surface area contributed by atoms with Gasteiger partial charge in [0.25, 0.3) is 0 Å². The number of rotatable bonds is 2. The summed E-state index contributed by atoms with van der Waals surface area (Å²) in [5.74, 6) is 1.71. The fourth-order valence-corrected chi connectivity index (χ4v) is 2.48. The van der Waals surface area contributed by atoms with E-state index >= 15 is 0 Å². The van der Waals surface area contributed by atoms with Crippen molar-refractivity contribution in [1.82, 2.24) is 20.3 Å². The third-order valence-corrected chi connectivity index (χ3v) is 3.46. The number of nitrogens with zero attached hydrogens (tertiary/aromatic N) is 4.